The molecule has 2 aromatic rings. The van der Waals surface area contributed by atoms with Gasteiger partial charge in [-0.3, -0.25) is 0 Å². The molecule has 1 heterocycles. The molecule has 1 N–H and O–H groups in total. The Balaban J connectivity index is 2.13. The number of hydrogen-bond donors (Lipinski definition) is 1. The van der Waals surface area contributed by atoms with Gasteiger partial charge in [-0.15, -0.1) is 0 Å². The molecule has 0 spiro atoms. The lowest BCUT2D eigenvalue weighted by molar-refractivity contribution is 0.844. The molecule has 3 nitrogen and oxygen atoms in total. The summed E-state index contributed by atoms with van der Waals surface area (Å²) in [7, 11) is 1.89. The highest BCUT2D eigenvalue weighted by Gasteiger charge is 2.07. The predicted molar refractivity (Wildman–Crippen MR) is 82.9 cm³/mol. The highest BCUT2D eigenvalue weighted by atomic mass is 127. The number of hydrogen-bond acceptors (Lipinski definition) is 3. The Kier molecular flexibility index (Phi) is 4.52. The van der Waals surface area contributed by atoms with Crippen molar-refractivity contribution in [3.8, 4) is 0 Å². The van der Waals surface area contributed by atoms with E-state index < -0.39 is 0 Å². The highest BCUT2D eigenvalue weighted by Crippen LogP contribution is 2.18. The summed E-state index contributed by atoms with van der Waals surface area (Å²) in [5.41, 5.74) is 2.36. The SMILES string of the molecule is CNc1nc(CCc2ccccc2)nc(C)c1I. The van der Waals surface area contributed by atoms with E-state index in [0.717, 1.165) is 33.7 Å². The Hall–Kier alpha value is -1.17. The Morgan fingerprint density at radius 1 is 1.11 bits per heavy atom. The molecule has 18 heavy (non-hydrogen) atoms. The van der Waals surface area contributed by atoms with Gasteiger partial charge >= 0.3 is 0 Å². The molecule has 1 aromatic heterocycles. The molecule has 0 unspecified atom stereocenters. The zero-order valence-corrected chi connectivity index (χ0v) is 12.7. The molecule has 0 bridgehead atoms. The molecule has 0 aliphatic heterocycles. The molecule has 0 amide bonds. The van der Waals surface area contributed by atoms with Crippen LogP contribution in [0.3, 0.4) is 0 Å². The van der Waals surface area contributed by atoms with Crippen LogP contribution in [0.25, 0.3) is 0 Å². The van der Waals surface area contributed by atoms with Crippen LogP contribution in [0.2, 0.25) is 0 Å². The van der Waals surface area contributed by atoms with Gasteiger partial charge in [0.1, 0.15) is 11.6 Å². The third kappa shape index (κ3) is 3.19. The van der Waals surface area contributed by atoms with Crippen molar-refractivity contribution in [3.05, 3.63) is 51.0 Å². The average molecular weight is 353 g/mol. The Morgan fingerprint density at radius 2 is 1.83 bits per heavy atom. The molecule has 0 saturated carbocycles. The number of aryl methyl sites for hydroxylation is 3. The van der Waals surface area contributed by atoms with Crippen molar-refractivity contribution in [1.29, 1.82) is 0 Å². The number of nitrogens with zero attached hydrogens (tertiary/aromatic N) is 2. The van der Waals surface area contributed by atoms with E-state index in [1.54, 1.807) is 0 Å². The second kappa shape index (κ2) is 6.13. The van der Waals surface area contributed by atoms with Crippen molar-refractivity contribution in [2.45, 2.75) is 19.8 Å². The molecule has 0 aliphatic carbocycles. The normalized spacial score (nSPS) is 10.4. The number of halogens is 1. The first-order valence-electron chi connectivity index (χ1n) is 5.95. The van der Waals surface area contributed by atoms with Crippen molar-refractivity contribution in [2.24, 2.45) is 0 Å². The molecular formula is C14H16IN3. The summed E-state index contributed by atoms with van der Waals surface area (Å²) in [4.78, 5) is 9.07. The van der Waals surface area contributed by atoms with Gasteiger partial charge in [-0.2, -0.15) is 0 Å². The fourth-order valence-corrected chi connectivity index (χ4v) is 2.31. The minimum absolute atomic E-state index is 0.871. The van der Waals surface area contributed by atoms with Crippen molar-refractivity contribution in [1.82, 2.24) is 9.97 Å². The lowest BCUT2D eigenvalue weighted by Crippen LogP contribution is -2.06. The van der Waals surface area contributed by atoms with Crippen LogP contribution in [0.4, 0.5) is 5.82 Å². The van der Waals surface area contributed by atoms with Gasteiger partial charge in [-0.1, -0.05) is 30.3 Å². The minimum Gasteiger partial charge on any atom is -0.372 e. The van der Waals surface area contributed by atoms with Crippen molar-refractivity contribution < 1.29 is 0 Å². The van der Waals surface area contributed by atoms with Gasteiger partial charge in [0.05, 0.1) is 9.26 Å². The van der Waals surface area contributed by atoms with Crippen LogP contribution >= 0.6 is 22.6 Å². The van der Waals surface area contributed by atoms with Gasteiger partial charge in [0.25, 0.3) is 0 Å². The molecule has 0 saturated heterocycles. The summed E-state index contributed by atoms with van der Waals surface area (Å²) >= 11 is 2.27. The van der Waals surface area contributed by atoms with Crippen LogP contribution in [0.1, 0.15) is 17.1 Å². The first-order chi connectivity index (χ1) is 8.70. The molecule has 4 heteroatoms. The first kappa shape index (κ1) is 13.3. The van der Waals surface area contributed by atoms with Crippen molar-refractivity contribution in [2.75, 3.05) is 12.4 Å². The lowest BCUT2D eigenvalue weighted by Gasteiger charge is -2.08. The maximum Gasteiger partial charge on any atom is 0.143 e. The van der Waals surface area contributed by atoms with Gasteiger partial charge in [0, 0.05) is 13.5 Å². The van der Waals surface area contributed by atoms with Gasteiger partial charge in [-0.05, 0) is 41.5 Å². The van der Waals surface area contributed by atoms with Crippen LogP contribution in [-0.2, 0) is 12.8 Å². The van der Waals surface area contributed by atoms with Gasteiger partial charge in [0.2, 0.25) is 0 Å². The van der Waals surface area contributed by atoms with Crippen molar-refractivity contribution in [3.63, 3.8) is 0 Å². The molecule has 94 valence electrons. The quantitative estimate of drug-likeness (QED) is 0.858. The van der Waals surface area contributed by atoms with Crippen LogP contribution in [0.15, 0.2) is 30.3 Å². The number of benzene rings is 1. The molecule has 0 fully saturated rings. The topological polar surface area (TPSA) is 37.8 Å². The predicted octanol–water partition coefficient (Wildman–Crippen LogP) is 3.22. The summed E-state index contributed by atoms with van der Waals surface area (Å²) in [5.74, 6) is 1.83. The summed E-state index contributed by atoms with van der Waals surface area (Å²) < 4.78 is 1.10. The summed E-state index contributed by atoms with van der Waals surface area (Å²) in [5, 5.41) is 3.12. The zero-order valence-electron chi connectivity index (χ0n) is 10.6. The Morgan fingerprint density at radius 3 is 2.50 bits per heavy atom. The lowest BCUT2D eigenvalue weighted by atomic mass is 10.1. The maximum atomic E-state index is 4.54. The van der Waals surface area contributed by atoms with Crippen molar-refractivity contribution >= 4 is 28.4 Å². The monoisotopic (exact) mass is 353 g/mol. The van der Waals surface area contributed by atoms with Gasteiger partial charge < -0.3 is 5.32 Å². The minimum atomic E-state index is 0.871. The van der Waals surface area contributed by atoms with Crippen LogP contribution in [0.5, 0.6) is 0 Å². The summed E-state index contributed by atoms with van der Waals surface area (Å²) in [6.45, 7) is 2.02. The third-order valence-electron chi connectivity index (χ3n) is 2.78. The smallest absolute Gasteiger partial charge is 0.143 e. The van der Waals surface area contributed by atoms with Crippen LogP contribution in [0, 0.1) is 10.5 Å². The van der Waals surface area contributed by atoms with Crippen LogP contribution < -0.4 is 5.32 Å². The molecule has 0 radical (unpaired) electrons. The number of rotatable bonds is 4. The van der Waals surface area contributed by atoms with Gasteiger partial charge in [-0.25, -0.2) is 9.97 Å². The van der Waals surface area contributed by atoms with E-state index >= 15 is 0 Å². The number of anilines is 1. The maximum absolute atomic E-state index is 4.54. The fraction of sp³-hybridized carbons (Fsp3) is 0.286. The average Bonchev–Trinajstić information content (AvgIpc) is 2.41. The fourth-order valence-electron chi connectivity index (χ4n) is 1.80. The molecule has 0 atom stereocenters. The third-order valence-corrected chi connectivity index (χ3v) is 4.07. The summed E-state index contributed by atoms with van der Waals surface area (Å²) in [6, 6.07) is 10.4. The van der Waals surface area contributed by atoms with E-state index in [-0.39, 0.29) is 0 Å². The van der Waals surface area contributed by atoms with E-state index in [9.17, 15) is 0 Å². The van der Waals surface area contributed by atoms with E-state index in [2.05, 4.69) is 62.1 Å². The van der Waals surface area contributed by atoms with E-state index in [4.69, 9.17) is 0 Å². The van der Waals surface area contributed by atoms with E-state index in [1.807, 2.05) is 20.0 Å². The second-order valence-electron chi connectivity index (χ2n) is 4.12. The molecular weight excluding hydrogens is 337 g/mol. The standard InChI is InChI=1S/C14H16IN3/c1-10-13(15)14(16-2)18-12(17-10)9-8-11-6-4-3-5-7-11/h3-7H,8-9H2,1-2H3,(H,16,17,18). The molecule has 0 aliphatic rings. The summed E-state index contributed by atoms with van der Waals surface area (Å²) in [6.07, 6.45) is 1.85. The zero-order chi connectivity index (χ0) is 13.0. The van der Waals surface area contributed by atoms with Gasteiger partial charge in [0.15, 0.2) is 0 Å². The van der Waals surface area contributed by atoms with Crippen LogP contribution in [-0.4, -0.2) is 17.0 Å². The van der Waals surface area contributed by atoms with E-state index in [1.165, 1.54) is 5.56 Å². The number of nitrogens with one attached hydrogen (secondary N) is 1. The molecule has 2 rings (SSSR count). The largest absolute Gasteiger partial charge is 0.372 e. The Labute approximate surface area is 121 Å². The first-order valence-corrected chi connectivity index (χ1v) is 7.03. The molecule has 1 aromatic carbocycles. The second-order valence-corrected chi connectivity index (χ2v) is 5.20. The number of aromatic nitrogens is 2. The Bertz CT molecular complexity index is 526. The van der Waals surface area contributed by atoms with E-state index in [0.29, 0.717) is 0 Å². The highest BCUT2D eigenvalue weighted by molar-refractivity contribution is 14.1.